The van der Waals surface area contributed by atoms with Crippen LogP contribution in [0.2, 0.25) is 0 Å². The van der Waals surface area contributed by atoms with E-state index >= 15 is 0 Å². The lowest BCUT2D eigenvalue weighted by atomic mass is 10.2. The highest BCUT2D eigenvalue weighted by Gasteiger charge is 2.26. The number of hydrogen-bond donors (Lipinski definition) is 3. The number of nitrogens with one attached hydrogen (secondary N) is 2. The third-order valence-electron chi connectivity index (χ3n) is 2.79. The molecule has 0 radical (unpaired) electrons. The quantitative estimate of drug-likeness (QED) is 0.708. The Morgan fingerprint density at radius 1 is 1.35 bits per heavy atom. The molecule has 0 fully saturated rings. The lowest BCUT2D eigenvalue weighted by Crippen LogP contribution is -2.34. The Morgan fingerprint density at radius 2 is 1.96 bits per heavy atom. The molecule has 1 heterocycles. The van der Waals surface area contributed by atoms with E-state index in [1.807, 2.05) is 0 Å². The van der Waals surface area contributed by atoms with Crippen LogP contribution in [0.5, 0.6) is 0 Å². The molecule has 0 aliphatic rings. The van der Waals surface area contributed by atoms with Crippen molar-refractivity contribution in [2.75, 3.05) is 7.05 Å². The van der Waals surface area contributed by atoms with Gasteiger partial charge in [0.25, 0.3) is 0 Å². The Kier molecular flexibility index (Phi) is 5.66. The molecule has 0 saturated carbocycles. The second-order valence-electron chi connectivity index (χ2n) is 5.78. The Labute approximate surface area is 133 Å². The molecule has 0 aromatic carbocycles. The molecule has 10 heteroatoms. The van der Waals surface area contributed by atoms with Gasteiger partial charge in [-0.25, -0.2) is 14.3 Å². The molecule has 1 rings (SSSR count). The monoisotopic (exact) mass is 327 g/mol. The topological polar surface area (TPSA) is 135 Å². The third kappa shape index (κ3) is 4.94. The fraction of sp³-hybridized carbons (Fsp3) is 0.615. The summed E-state index contributed by atoms with van der Waals surface area (Å²) in [6.45, 7) is 6.46. The van der Waals surface area contributed by atoms with Gasteiger partial charge in [0.15, 0.2) is 5.69 Å². The number of carboxylic acid groups (broad SMARTS) is 1. The highest BCUT2D eigenvalue weighted by atomic mass is 16.6. The molecule has 3 N–H and O–H groups in total. The summed E-state index contributed by atoms with van der Waals surface area (Å²) >= 11 is 0. The summed E-state index contributed by atoms with van der Waals surface area (Å²) in [5.41, 5.74) is -0.926. The summed E-state index contributed by atoms with van der Waals surface area (Å²) in [5.74, 6) is -1.67. The normalized spacial score (nSPS) is 12.4. The average Bonchev–Trinajstić information content (AvgIpc) is 2.85. The van der Waals surface area contributed by atoms with Gasteiger partial charge < -0.3 is 20.5 Å². The van der Waals surface area contributed by atoms with Gasteiger partial charge in [-0.3, -0.25) is 4.79 Å². The largest absolute Gasteiger partial charge is 0.476 e. The molecule has 1 atom stereocenters. The van der Waals surface area contributed by atoms with E-state index in [-0.39, 0.29) is 23.8 Å². The van der Waals surface area contributed by atoms with Gasteiger partial charge in [0.05, 0.1) is 12.2 Å². The molecule has 1 aromatic rings. The van der Waals surface area contributed by atoms with Gasteiger partial charge in [-0.05, 0) is 27.7 Å². The lowest BCUT2D eigenvalue weighted by Gasteiger charge is -2.20. The Hall–Kier alpha value is -2.65. The van der Waals surface area contributed by atoms with Crippen LogP contribution >= 0.6 is 0 Å². The zero-order chi connectivity index (χ0) is 17.8. The number of ether oxygens (including phenoxy) is 1. The highest BCUT2D eigenvalue weighted by Crippen LogP contribution is 2.13. The first-order chi connectivity index (χ1) is 10.6. The van der Waals surface area contributed by atoms with Crippen molar-refractivity contribution in [3.05, 3.63) is 11.4 Å². The molecule has 0 spiro atoms. The van der Waals surface area contributed by atoms with Crippen molar-refractivity contribution in [2.45, 2.75) is 45.9 Å². The number of aromatic nitrogens is 3. The number of amides is 2. The molecule has 23 heavy (non-hydrogen) atoms. The predicted octanol–water partition coefficient (Wildman–Crippen LogP) is 0.308. The number of alkyl carbamates (subject to hydrolysis) is 1. The van der Waals surface area contributed by atoms with Crippen molar-refractivity contribution < 1.29 is 24.2 Å². The highest BCUT2D eigenvalue weighted by molar-refractivity contribution is 5.87. The van der Waals surface area contributed by atoms with E-state index in [9.17, 15) is 14.4 Å². The second-order valence-corrected chi connectivity index (χ2v) is 5.78. The summed E-state index contributed by atoms with van der Waals surface area (Å²) in [5, 5.41) is 21.3. The molecule has 0 saturated heterocycles. The first-order valence-corrected chi connectivity index (χ1v) is 6.92. The maximum atomic E-state index is 11.7. The van der Waals surface area contributed by atoms with Crippen LogP contribution in [-0.4, -0.2) is 50.7 Å². The SMILES string of the molecule is CNC(=O)C(C)n1nnc(C(=O)O)c1CNC(=O)OC(C)(C)C. The molecule has 128 valence electrons. The minimum absolute atomic E-state index is 0.0967. The van der Waals surface area contributed by atoms with E-state index in [1.165, 1.54) is 14.0 Å². The number of carbonyl (C=O) groups excluding carboxylic acids is 2. The molecule has 1 aromatic heterocycles. The minimum Gasteiger partial charge on any atom is -0.476 e. The van der Waals surface area contributed by atoms with E-state index in [0.29, 0.717) is 0 Å². The van der Waals surface area contributed by atoms with Crippen molar-refractivity contribution in [1.29, 1.82) is 0 Å². The second kappa shape index (κ2) is 7.07. The number of aromatic carboxylic acids is 1. The predicted molar refractivity (Wildman–Crippen MR) is 78.8 cm³/mol. The number of carboxylic acids is 1. The van der Waals surface area contributed by atoms with Gasteiger partial charge >= 0.3 is 12.1 Å². The van der Waals surface area contributed by atoms with Crippen LogP contribution < -0.4 is 10.6 Å². The standard InChI is InChI=1S/C13H21N5O5/c1-7(10(19)14-5)18-8(9(11(20)21)16-17-18)6-15-12(22)23-13(2,3)4/h7H,6H2,1-5H3,(H,14,19)(H,15,22)(H,20,21). The number of rotatable bonds is 5. The van der Waals surface area contributed by atoms with Crippen molar-refractivity contribution in [2.24, 2.45) is 0 Å². The van der Waals surface area contributed by atoms with Crippen LogP contribution in [-0.2, 0) is 16.1 Å². The van der Waals surface area contributed by atoms with Crippen LogP contribution in [0.1, 0.15) is 49.9 Å². The number of carbonyl (C=O) groups is 3. The molecule has 0 aliphatic carbocycles. The summed E-state index contributed by atoms with van der Waals surface area (Å²) in [7, 11) is 1.45. The van der Waals surface area contributed by atoms with Gasteiger partial charge in [0.1, 0.15) is 11.6 Å². The Morgan fingerprint density at radius 3 is 2.43 bits per heavy atom. The molecule has 1 unspecified atom stereocenters. The van der Waals surface area contributed by atoms with E-state index in [1.54, 1.807) is 20.8 Å². The van der Waals surface area contributed by atoms with Crippen molar-refractivity contribution in [3.8, 4) is 0 Å². The van der Waals surface area contributed by atoms with E-state index < -0.39 is 23.7 Å². The Balaban J connectivity index is 2.99. The smallest absolute Gasteiger partial charge is 0.407 e. The van der Waals surface area contributed by atoms with Crippen molar-refractivity contribution in [1.82, 2.24) is 25.6 Å². The lowest BCUT2D eigenvalue weighted by molar-refractivity contribution is -0.123. The van der Waals surface area contributed by atoms with Gasteiger partial charge in [0, 0.05) is 7.05 Å². The maximum Gasteiger partial charge on any atom is 0.407 e. The van der Waals surface area contributed by atoms with Crippen LogP contribution in [0.25, 0.3) is 0 Å². The van der Waals surface area contributed by atoms with E-state index in [4.69, 9.17) is 9.84 Å². The fourth-order valence-electron chi connectivity index (χ4n) is 1.75. The van der Waals surface area contributed by atoms with E-state index in [0.717, 1.165) is 4.68 Å². The molecular formula is C13H21N5O5. The van der Waals surface area contributed by atoms with Gasteiger partial charge in [-0.2, -0.15) is 0 Å². The first-order valence-electron chi connectivity index (χ1n) is 6.92. The van der Waals surface area contributed by atoms with Crippen molar-refractivity contribution >= 4 is 18.0 Å². The number of hydrogen-bond acceptors (Lipinski definition) is 6. The van der Waals surface area contributed by atoms with Gasteiger partial charge in [-0.1, -0.05) is 5.21 Å². The maximum absolute atomic E-state index is 11.7. The van der Waals surface area contributed by atoms with Crippen LogP contribution in [0.3, 0.4) is 0 Å². The molecule has 0 bridgehead atoms. The summed E-state index contributed by atoms with van der Waals surface area (Å²) < 4.78 is 6.23. The van der Waals surface area contributed by atoms with Crippen molar-refractivity contribution in [3.63, 3.8) is 0 Å². The Bertz CT molecular complexity index is 604. The van der Waals surface area contributed by atoms with Crippen LogP contribution in [0, 0.1) is 0 Å². The molecular weight excluding hydrogens is 306 g/mol. The zero-order valence-corrected chi connectivity index (χ0v) is 13.7. The summed E-state index contributed by atoms with van der Waals surface area (Å²) in [6, 6.07) is -0.781. The number of nitrogens with zero attached hydrogens (tertiary/aromatic N) is 3. The van der Waals surface area contributed by atoms with E-state index in [2.05, 4.69) is 20.9 Å². The fourth-order valence-corrected chi connectivity index (χ4v) is 1.75. The van der Waals surface area contributed by atoms with Gasteiger partial charge in [-0.15, -0.1) is 5.10 Å². The molecule has 10 nitrogen and oxygen atoms in total. The van der Waals surface area contributed by atoms with Crippen LogP contribution in [0.4, 0.5) is 4.79 Å². The van der Waals surface area contributed by atoms with Crippen LogP contribution in [0.15, 0.2) is 0 Å². The zero-order valence-electron chi connectivity index (χ0n) is 13.7. The molecule has 2 amide bonds. The number of likely N-dealkylation sites (N-methyl/N-ethyl adjacent to an activating group) is 1. The summed E-state index contributed by atoms with van der Waals surface area (Å²) in [4.78, 5) is 34.6. The first kappa shape index (κ1) is 18.4. The third-order valence-corrected chi connectivity index (χ3v) is 2.79. The minimum atomic E-state index is -1.30. The summed E-state index contributed by atoms with van der Waals surface area (Å²) in [6.07, 6.45) is -0.714. The molecule has 0 aliphatic heterocycles. The van der Waals surface area contributed by atoms with Gasteiger partial charge in [0.2, 0.25) is 5.91 Å². The average molecular weight is 327 g/mol.